The molecule has 2 heterocycles. The molecule has 4 aromatic rings. The van der Waals surface area contributed by atoms with E-state index >= 15 is 0 Å². The van der Waals surface area contributed by atoms with Gasteiger partial charge in [-0.05, 0) is 30.3 Å². The van der Waals surface area contributed by atoms with Gasteiger partial charge < -0.3 is 4.98 Å². The maximum absolute atomic E-state index is 12.2. The number of aromatic amines is 1. The Hall–Kier alpha value is -2.40. The van der Waals surface area contributed by atoms with E-state index in [1.54, 1.807) is 6.07 Å². The molecule has 0 aliphatic heterocycles. The van der Waals surface area contributed by atoms with E-state index in [0.29, 0.717) is 0 Å². The molecular formula is C16H10BrN3O. The molecule has 1 N–H and O–H groups in total. The highest BCUT2D eigenvalue weighted by Gasteiger charge is 2.10. The maximum atomic E-state index is 12.2. The first-order valence-electron chi connectivity index (χ1n) is 6.49. The Balaban J connectivity index is 2.08. The number of nitrogens with zero attached hydrogens (tertiary/aromatic N) is 2. The Labute approximate surface area is 128 Å². The van der Waals surface area contributed by atoms with Crippen LogP contribution < -0.4 is 5.56 Å². The van der Waals surface area contributed by atoms with Crippen LogP contribution in [-0.2, 0) is 0 Å². The first-order valence-corrected chi connectivity index (χ1v) is 7.28. The quantitative estimate of drug-likeness (QED) is 0.575. The summed E-state index contributed by atoms with van der Waals surface area (Å²) < 4.78 is 2.41. The number of nitrogens with one attached hydrogen (secondary N) is 1. The Morgan fingerprint density at radius 2 is 1.81 bits per heavy atom. The van der Waals surface area contributed by atoms with Crippen LogP contribution in [0.15, 0.2) is 63.9 Å². The molecule has 2 aromatic carbocycles. The van der Waals surface area contributed by atoms with Gasteiger partial charge in [-0.15, -0.1) is 0 Å². The first kappa shape index (κ1) is 12.3. The average Bonchev–Trinajstić information content (AvgIpc) is 2.83. The largest absolute Gasteiger partial charge is 0.353 e. The Morgan fingerprint density at radius 1 is 1.00 bits per heavy atom. The number of rotatable bonds is 1. The summed E-state index contributed by atoms with van der Waals surface area (Å²) in [6, 6.07) is 16.9. The van der Waals surface area contributed by atoms with Gasteiger partial charge >= 0.3 is 0 Å². The normalized spacial score (nSPS) is 11.3. The third-order valence-corrected chi connectivity index (χ3v) is 3.93. The van der Waals surface area contributed by atoms with Crippen molar-refractivity contribution in [2.75, 3.05) is 0 Å². The van der Waals surface area contributed by atoms with Crippen molar-refractivity contribution in [3.63, 3.8) is 0 Å². The van der Waals surface area contributed by atoms with Crippen LogP contribution in [0.5, 0.6) is 0 Å². The second-order valence-electron chi connectivity index (χ2n) is 4.81. The highest BCUT2D eigenvalue weighted by Crippen LogP contribution is 2.25. The molecule has 0 fully saturated rings. The summed E-state index contributed by atoms with van der Waals surface area (Å²) >= 11 is 3.45. The van der Waals surface area contributed by atoms with Crippen molar-refractivity contribution < 1.29 is 0 Å². The van der Waals surface area contributed by atoms with Crippen molar-refractivity contribution in [3.8, 4) is 5.69 Å². The molecule has 0 saturated carbocycles. The van der Waals surface area contributed by atoms with Gasteiger partial charge in [-0.25, -0.2) is 0 Å². The zero-order valence-corrected chi connectivity index (χ0v) is 12.5. The van der Waals surface area contributed by atoms with Crippen LogP contribution in [0.25, 0.3) is 27.6 Å². The average molecular weight is 340 g/mol. The zero-order chi connectivity index (χ0) is 14.4. The van der Waals surface area contributed by atoms with Crippen LogP contribution in [0.3, 0.4) is 0 Å². The van der Waals surface area contributed by atoms with Crippen molar-refractivity contribution in [3.05, 3.63) is 69.4 Å². The summed E-state index contributed by atoms with van der Waals surface area (Å²) in [6.07, 6.45) is 0. The molecular weight excluding hydrogens is 330 g/mol. The lowest BCUT2D eigenvalue weighted by atomic mass is 10.2. The topological polar surface area (TPSA) is 50.7 Å². The first-order chi connectivity index (χ1) is 10.2. The van der Waals surface area contributed by atoms with Crippen LogP contribution in [-0.4, -0.2) is 14.8 Å². The minimum absolute atomic E-state index is 0.153. The summed E-state index contributed by atoms with van der Waals surface area (Å²) in [6.45, 7) is 0. The lowest BCUT2D eigenvalue weighted by Gasteiger charge is -2.03. The van der Waals surface area contributed by atoms with Gasteiger partial charge in [0.05, 0.1) is 11.2 Å². The second-order valence-corrected chi connectivity index (χ2v) is 5.72. The van der Waals surface area contributed by atoms with E-state index in [2.05, 4.69) is 26.0 Å². The summed E-state index contributed by atoms with van der Waals surface area (Å²) in [5, 5.41) is 5.52. The van der Waals surface area contributed by atoms with Gasteiger partial charge in [0.2, 0.25) is 0 Å². The van der Waals surface area contributed by atoms with Gasteiger partial charge in [-0.3, -0.25) is 4.79 Å². The second kappa shape index (κ2) is 4.56. The van der Waals surface area contributed by atoms with Crippen LogP contribution in [0.4, 0.5) is 0 Å². The number of H-pyrrole nitrogens is 1. The molecule has 4 rings (SSSR count). The lowest BCUT2D eigenvalue weighted by Crippen LogP contribution is -2.19. The molecule has 0 atom stereocenters. The fourth-order valence-electron chi connectivity index (χ4n) is 2.48. The highest BCUT2D eigenvalue weighted by atomic mass is 79.9. The van der Waals surface area contributed by atoms with Gasteiger partial charge in [0.25, 0.3) is 5.56 Å². The summed E-state index contributed by atoms with van der Waals surface area (Å²) in [5.74, 6) is 0. The van der Waals surface area contributed by atoms with Crippen molar-refractivity contribution >= 4 is 37.9 Å². The molecule has 0 aliphatic carbocycles. The summed E-state index contributed by atoms with van der Waals surface area (Å²) in [7, 11) is 0. The number of hydrogen-bond acceptors (Lipinski definition) is 2. The molecule has 0 radical (unpaired) electrons. The highest BCUT2D eigenvalue weighted by molar-refractivity contribution is 9.10. The Kier molecular flexibility index (Phi) is 2.68. The number of hydrogen-bond donors (Lipinski definition) is 1. The number of halogens is 1. The molecule has 21 heavy (non-hydrogen) atoms. The molecule has 0 aliphatic rings. The predicted molar refractivity (Wildman–Crippen MR) is 86.9 cm³/mol. The third kappa shape index (κ3) is 1.97. The van der Waals surface area contributed by atoms with Gasteiger partial charge in [0.15, 0.2) is 0 Å². The molecule has 0 saturated heterocycles. The summed E-state index contributed by atoms with van der Waals surface area (Å²) in [5.41, 5.74) is 3.11. The van der Waals surface area contributed by atoms with Crippen LogP contribution in [0.2, 0.25) is 0 Å². The van der Waals surface area contributed by atoms with Crippen molar-refractivity contribution in [1.29, 1.82) is 0 Å². The molecule has 0 bridgehead atoms. The van der Waals surface area contributed by atoms with Gasteiger partial charge in [-0.1, -0.05) is 34.1 Å². The number of para-hydroxylation sites is 1. The van der Waals surface area contributed by atoms with E-state index in [1.807, 2.05) is 48.5 Å². The molecule has 0 unspecified atom stereocenters. The zero-order valence-electron chi connectivity index (χ0n) is 10.9. The smallest absolute Gasteiger partial charge is 0.273 e. The van der Waals surface area contributed by atoms with E-state index in [-0.39, 0.29) is 5.56 Å². The van der Waals surface area contributed by atoms with Crippen molar-refractivity contribution in [2.45, 2.75) is 0 Å². The Bertz CT molecular complexity index is 1020. The van der Waals surface area contributed by atoms with E-state index in [4.69, 9.17) is 0 Å². The number of fused-ring (bicyclic) bond motifs is 3. The lowest BCUT2D eigenvalue weighted by molar-refractivity contribution is 0.833. The summed E-state index contributed by atoms with van der Waals surface area (Å²) in [4.78, 5) is 15.5. The third-order valence-electron chi connectivity index (χ3n) is 3.44. The monoisotopic (exact) mass is 339 g/mol. The number of aromatic nitrogens is 3. The van der Waals surface area contributed by atoms with Gasteiger partial charge in [0.1, 0.15) is 5.52 Å². The predicted octanol–water partition coefficient (Wildman–Crippen LogP) is 3.63. The minimum Gasteiger partial charge on any atom is -0.353 e. The fourth-order valence-corrected chi connectivity index (χ4v) is 2.84. The molecule has 2 aromatic heterocycles. The maximum Gasteiger partial charge on any atom is 0.273 e. The van der Waals surface area contributed by atoms with Crippen molar-refractivity contribution in [1.82, 2.24) is 14.8 Å². The minimum atomic E-state index is -0.153. The van der Waals surface area contributed by atoms with E-state index in [0.717, 1.165) is 32.1 Å². The van der Waals surface area contributed by atoms with Gasteiger partial charge in [-0.2, -0.15) is 9.78 Å². The SMILES string of the molecule is O=c1cc2[nH]c3cc(Br)ccc3c2nn1-c1ccccc1. The standard InChI is InChI=1S/C16H10BrN3O/c17-10-6-7-12-13(8-10)18-14-9-15(21)20(19-16(12)14)11-4-2-1-3-5-11/h1-9,18H. The Morgan fingerprint density at radius 3 is 2.62 bits per heavy atom. The van der Waals surface area contributed by atoms with E-state index in [1.165, 1.54) is 4.68 Å². The fraction of sp³-hybridized carbons (Fsp3) is 0. The number of benzene rings is 2. The van der Waals surface area contributed by atoms with Crippen LogP contribution in [0.1, 0.15) is 0 Å². The molecule has 5 heteroatoms. The van der Waals surface area contributed by atoms with E-state index in [9.17, 15) is 4.79 Å². The molecule has 0 spiro atoms. The molecule has 4 nitrogen and oxygen atoms in total. The molecule has 0 amide bonds. The van der Waals surface area contributed by atoms with Crippen molar-refractivity contribution in [2.24, 2.45) is 0 Å². The van der Waals surface area contributed by atoms with Crippen LogP contribution in [0, 0.1) is 0 Å². The van der Waals surface area contributed by atoms with Gasteiger partial charge in [0, 0.05) is 21.4 Å². The van der Waals surface area contributed by atoms with Crippen LogP contribution >= 0.6 is 15.9 Å². The van der Waals surface area contributed by atoms with E-state index < -0.39 is 0 Å². The molecule has 102 valence electrons.